The lowest BCUT2D eigenvalue weighted by molar-refractivity contribution is 0.354. The van der Waals surface area contributed by atoms with Crippen molar-refractivity contribution in [1.29, 1.82) is 0 Å². The van der Waals surface area contributed by atoms with Crippen LogP contribution >= 0.6 is 31.9 Å². The average molecular weight is 378 g/mol. The van der Waals surface area contributed by atoms with Crippen molar-refractivity contribution < 1.29 is 9.47 Å². The van der Waals surface area contributed by atoms with Crippen molar-refractivity contribution in [2.75, 3.05) is 19.5 Å². The minimum Gasteiger partial charge on any atom is -0.493 e. The first kappa shape index (κ1) is 15.6. The molecule has 1 rings (SSSR count). The number of allylic oxidation sites excluding steroid dienone is 1. The number of ether oxygens (including phenoxy) is 2. The molecule has 4 heteroatoms. The molecule has 18 heavy (non-hydrogen) atoms. The Kier molecular flexibility index (Phi) is 6.22. The van der Waals surface area contributed by atoms with E-state index in [4.69, 9.17) is 9.47 Å². The number of hydrogen-bond donors (Lipinski definition) is 0. The highest BCUT2D eigenvalue weighted by atomic mass is 79.9. The zero-order valence-corrected chi connectivity index (χ0v) is 14.3. The molecule has 0 N–H and O–H groups in total. The molecule has 0 saturated heterocycles. The Bertz CT molecular complexity index is 440. The Morgan fingerprint density at radius 1 is 1.22 bits per heavy atom. The molecule has 0 amide bonds. The second-order valence-corrected chi connectivity index (χ2v) is 5.65. The highest BCUT2D eigenvalue weighted by Gasteiger charge is 2.09. The molecule has 0 aliphatic carbocycles. The number of rotatable bonds is 5. The first-order valence-corrected chi connectivity index (χ1v) is 7.62. The standard InChI is InChI=1S/C14H18Br2O2/c1-9(2)11(8-15)5-10-6-13(17-3)14(18-4)7-12(10)16/h5-7,9H,8H2,1-4H3. The Balaban J connectivity index is 3.25. The SMILES string of the molecule is COc1cc(Br)c(C=C(CBr)C(C)C)cc1OC. The van der Waals surface area contributed by atoms with Crippen LogP contribution in [0.4, 0.5) is 0 Å². The number of benzene rings is 1. The summed E-state index contributed by atoms with van der Waals surface area (Å²) >= 11 is 7.09. The van der Waals surface area contributed by atoms with E-state index >= 15 is 0 Å². The molecule has 0 aliphatic heterocycles. The molecular formula is C14H18Br2O2. The fourth-order valence-corrected chi connectivity index (χ4v) is 2.79. The minimum atomic E-state index is 0.504. The Labute approximate surface area is 126 Å². The molecule has 0 spiro atoms. The summed E-state index contributed by atoms with van der Waals surface area (Å²) in [5.41, 5.74) is 2.43. The van der Waals surface area contributed by atoms with Gasteiger partial charge >= 0.3 is 0 Å². The van der Waals surface area contributed by atoms with Gasteiger partial charge in [0.25, 0.3) is 0 Å². The van der Waals surface area contributed by atoms with Gasteiger partial charge in [0.15, 0.2) is 11.5 Å². The van der Waals surface area contributed by atoms with Crippen LogP contribution in [0.3, 0.4) is 0 Å². The lowest BCUT2D eigenvalue weighted by atomic mass is 10.0. The van der Waals surface area contributed by atoms with E-state index in [1.165, 1.54) is 5.57 Å². The maximum absolute atomic E-state index is 5.32. The van der Waals surface area contributed by atoms with Gasteiger partial charge in [-0.05, 0) is 23.6 Å². The van der Waals surface area contributed by atoms with Gasteiger partial charge in [-0.2, -0.15) is 0 Å². The number of methoxy groups -OCH3 is 2. The van der Waals surface area contributed by atoms with Crippen LogP contribution in [0, 0.1) is 5.92 Å². The van der Waals surface area contributed by atoms with Crippen molar-refractivity contribution in [3.8, 4) is 11.5 Å². The van der Waals surface area contributed by atoms with Gasteiger partial charge in [0, 0.05) is 9.80 Å². The fourth-order valence-electron chi connectivity index (χ4n) is 1.54. The van der Waals surface area contributed by atoms with E-state index in [9.17, 15) is 0 Å². The fraction of sp³-hybridized carbons (Fsp3) is 0.429. The third-order valence-electron chi connectivity index (χ3n) is 2.74. The summed E-state index contributed by atoms with van der Waals surface area (Å²) in [5, 5.41) is 0.867. The molecule has 0 aliphatic rings. The molecule has 0 aromatic heterocycles. The van der Waals surface area contributed by atoms with Crippen LogP contribution in [0.25, 0.3) is 6.08 Å². The molecule has 0 atom stereocenters. The van der Waals surface area contributed by atoms with Crippen LogP contribution in [0.5, 0.6) is 11.5 Å². The Morgan fingerprint density at radius 2 is 1.78 bits per heavy atom. The zero-order chi connectivity index (χ0) is 13.7. The molecule has 2 nitrogen and oxygen atoms in total. The first-order chi connectivity index (χ1) is 8.53. The van der Waals surface area contributed by atoms with Crippen molar-refractivity contribution in [2.24, 2.45) is 5.92 Å². The highest BCUT2D eigenvalue weighted by Crippen LogP contribution is 2.34. The number of alkyl halides is 1. The first-order valence-electron chi connectivity index (χ1n) is 5.71. The van der Waals surface area contributed by atoms with Gasteiger partial charge < -0.3 is 9.47 Å². The van der Waals surface area contributed by atoms with Crippen LogP contribution in [-0.2, 0) is 0 Å². The summed E-state index contributed by atoms with van der Waals surface area (Å²) in [6.07, 6.45) is 2.17. The molecule has 0 saturated carbocycles. The van der Waals surface area contributed by atoms with Gasteiger partial charge in [-0.1, -0.05) is 57.4 Å². The summed E-state index contributed by atoms with van der Waals surface area (Å²) in [4.78, 5) is 0. The summed E-state index contributed by atoms with van der Waals surface area (Å²) < 4.78 is 11.6. The summed E-state index contributed by atoms with van der Waals surface area (Å²) in [6.45, 7) is 4.36. The van der Waals surface area contributed by atoms with Crippen LogP contribution in [0.2, 0.25) is 0 Å². The van der Waals surface area contributed by atoms with Crippen LogP contribution in [0.15, 0.2) is 22.2 Å². The van der Waals surface area contributed by atoms with Crippen LogP contribution in [-0.4, -0.2) is 19.5 Å². The van der Waals surface area contributed by atoms with Gasteiger partial charge in [-0.25, -0.2) is 0 Å². The van der Waals surface area contributed by atoms with E-state index in [-0.39, 0.29) is 0 Å². The smallest absolute Gasteiger partial charge is 0.161 e. The second-order valence-electron chi connectivity index (χ2n) is 4.24. The van der Waals surface area contributed by atoms with Crippen molar-refractivity contribution in [1.82, 2.24) is 0 Å². The van der Waals surface area contributed by atoms with Crippen LogP contribution < -0.4 is 9.47 Å². The summed E-state index contributed by atoms with van der Waals surface area (Å²) in [7, 11) is 3.28. The molecule has 0 heterocycles. The van der Waals surface area contributed by atoms with Gasteiger partial charge in [0.05, 0.1) is 14.2 Å². The van der Waals surface area contributed by atoms with E-state index < -0.39 is 0 Å². The van der Waals surface area contributed by atoms with Crippen molar-refractivity contribution >= 4 is 37.9 Å². The van der Waals surface area contributed by atoms with Gasteiger partial charge in [0.1, 0.15) is 0 Å². The zero-order valence-electron chi connectivity index (χ0n) is 11.1. The van der Waals surface area contributed by atoms with E-state index in [0.717, 1.165) is 26.9 Å². The predicted octanol–water partition coefficient (Wildman–Crippen LogP) is 4.90. The largest absolute Gasteiger partial charge is 0.493 e. The van der Waals surface area contributed by atoms with E-state index in [2.05, 4.69) is 51.8 Å². The topological polar surface area (TPSA) is 18.5 Å². The van der Waals surface area contributed by atoms with E-state index in [0.29, 0.717) is 5.92 Å². The van der Waals surface area contributed by atoms with E-state index in [1.54, 1.807) is 14.2 Å². The third kappa shape index (κ3) is 3.75. The Morgan fingerprint density at radius 3 is 2.22 bits per heavy atom. The van der Waals surface area contributed by atoms with Crippen LogP contribution in [0.1, 0.15) is 19.4 Å². The summed E-state index contributed by atoms with van der Waals surface area (Å²) in [6, 6.07) is 3.91. The molecule has 1 aromatic carbocycles. The van der Waals surface area contributed by atoms with Crippen molar-refractivity contribution in [2.45, 2.75) is 13.8 Å². The number of hydrogen-bond acceptors (Lipinski definition) is 2. The van der Waals surface area contributed by atoms with E-state index in [1.807, 2.05) is 12.1 Å². The molecule has 0 radical (unpaired) electrons. The lowest BCUT2D eigenvalue weighted by Gasteiger charge is -2.12. The maximum atomic E-state index is 5.32. The molecule has 0 bridgehead atoms. The normalized spacial score (nSPS) is 11.8. The summed E-state index contributed by atoms with van der Waals surface area (Å²) in [5.74, 6) is 1.97. The van der Waals surface area contributed by atoms with Gasteiger partial charge in [-0.15, -0.1) is 0 Å². The predicted molar refractivity (Wildman–Crippen MR) is 83.9 cm³/mol. The highest BCUT2D eigenvalue weighted by molar-refractivity contribution is 9.10. The molecule has 1 aromatic rings. The Hall–Kier alpha value is -0.480. The molecule has 0 unspecified atom stereocenters. The van der Waals surface area contributed by atoms with Crippen molar-refractivity contribution in [3.63, 3.8) is 0 Å². The maximum Gasteiger partial charge on any atom is 0.161 e. The van der Waals surface area contributed by atoms with Gasteiger partial charge in [0.2, 0.25) is 0 Å². The quantitative estimate of drug-likeness (QED) is 0.679. The lowest BCUT2D eigenvalue weighted by Crippen LogP contribution is -1.96. The molecule has 0 fully saturated rings. The molecular weight excluding hydrogens is 360 g/mol. The third-order valence-corrected chi connectivity index (χ3v) is 4.07. The minimum absolute atomic E-state index is 0.504. The van der Waals surface area contributed by atoms with Gasteiger partial charge in [-0.3, -0.25) is 0 Å². The molecule has 100 valence electrons. The second kappa shape index (κ2) is 7.19. The average Bonchev–Trinajstić information content (AvgIpc) is 2.36. The van der Waals surface area contributed by atoms with Crippen molar-refractivity contribution in [3.05, 3.63) is 27.7 Å². The monoisotopic (exact) mass is 376 g/mol. The number of halogens is 2.